The zero-order valence-corrected chi connectivity index (χ0v) is 11.4. The molecule has 0 amide bonds. The maximum absolute atomic E-state index is 5.85. The summed E-state index contributed by atoms with van der Waals surface area (Å²) in [5.74, 6) is 3.30. The Kier molecular flexibility index (Phi) is 4.41. The molecule has 5 heteroatoms. The van der Waals surface area contributed by atoms with Crippen LogP contribution in [0.25, 0.3) is 0 Å². The lowest BCUT2D eigenvalue weighted by molar-refractivity contribution is 0.745. The highest BCUT2D eigenvalue weighted by atomic mass is 32.2. The van der Waals surface area contributed by atoms with Crippen molar-refractivity contribution in [3.05, 3.63) is 11.4 Å². The second-order valence-electron chi connectivity index (χ2n) is 4.02. The van der Waals surface area contributed by atoms with Crippen molar-refractivity contribution in [2.24, 2.45) is 0 Å². The first-order chi connectivity index (χ1) is 7.47. The number of hydrogen-bond acceptors (Lipinski definition) is 5. The smallest absolute Gasteiger partial charge is 0.137 e. The van der Waals surface area contributed by atoms with Crippen molar-refractivity contribution in [1.29, 1.82) is 0 Å². The first-order valence-electron chi connectivity index (χ1n) is 5.29. The lowest BCUT2D eigenvalue weighted by Gasteiger charge is -2.27. The van der Waals surface area contributed by atoms with Gasteiger partial charge in [-0.1, -0.05) is 0 Å². The van der Waals surface area contributed by atoms with E-state index >= 15 is 0 Å². The first kappa shape index (κ1) is 13.1. The van der Waals surface area contributed by atoms with Crippen LogP contribution < -0.4 is 10.6 Å². The summed E-state index contributed by atoms with van der Waals surface area (Å²) in [5.41, 5.74) is 6.81. The molecule has 16 heavy (non-hydrogen) atoms. The van der Waals surface area contributed by atoms with Gasteiger partial charge < -0.3 is 10.6 Å². The molecule has 0 aliphatic heterocycles. The van der Waals surface area contributed by atoms with E-state index < -0.39 is 0 Å². The molecule has 0 aliphatic carbocycles. The number of aromatic nitrogens is 2. The Labute approximate surface area is 102 Å². The quantitative estimate of drug-likeness (QED) is 0.870. The Morgan fingerprint density at radius 1 is 1.38 bits per heavy atom. The van der Waals surface area contributed by atoms with E-state index in [9.17, 15) is 0 Å². The van der Waals surface area contributed by atoms with Crippen LogP contribution >= 0.6 is 11.8 Å². The van der Waals surface area contributed by atoms with Crippen LogP contribution in [0.15, 0.2) is 0 Å². The topological polar surface area (TPSA) is 55.0 Å². The minimum Gasteiger partial charge on any atom is -0.383 e. The maximum Gasteiger partial charge on any atom is 0.137 e. The summed E-state index contributed by atoms with van der Waals surface area (Å²) in [6.07, 6.45) is 2.11. The molecule has 4 nitrogen and oxygen atoms in total. The minimum absolute atomic E-state index is 0.433. The molecule has 0 aliphatic rings. The highest BCUT2D eigenvalue weighted by Gasteiger charge is 2.15. The summed E-state index contributed by atoms with van der Waals surface area (Å²) in [4.78, 5) is 10.8. The van der Waals surface area contributed by atoms with Crippen LogP contribution in [-0.2, 0) is 0 Å². The van der Waals surface area contributed by atoms with Crippen LogP contribution in [0, 0.1) is 13.8 Å². The monoisotopic (exact) mass is 240 g/mol. The molecule has 1 unspecified atom stereocenters. The van der Waals surface area contributed by atoms with Gasteiger partial charge in [0.1, 0.15) is 17.5 Å². The summed E-state index contributed by atoms with van der Waals surface area (Å²) < 4.78 is 0. The Morgan fingerprint density at radius 3 is 2.56 bits per heavy atom. The molecule has 90 valence electrons. The molecule has 0 fully saturated rings. The highest BCUT2D eigenvalue weighted by molar-refractivity contribution is 7.98. The standard InChI is InChI=1S/C11H20N4S/c1-7(6-16-5)15(4)11-8(2)10(12)13-9(3)14-11/h7H,6H2,1-5H3,(H2,12,13,14). The molecule has 1 aromatic rings. The lowest BCUT2D eigenvalue weighted by Crippen LogP contribution is -2.32. The fourth-order valence-electron chi connectivity index (χ4n) is 1.54. The van der Waals surface area contributed by atoms with E-state index in [0.29, 0.717) is 11.9 Å². The molecule has 1 aromatic heterocycles. The van der Waals surface area contributed by atoms with E-state index in [2.05, 4.69) is 35.1 Å². The fraction of sp³-hybridized carbons (Fsp3) is 0.636. The van der Waals surface area contributed by atoms with E-state index in [4.69, 9.17) is 5.73 Å². The minimum atomic E-state index is 0.433. The fourth-order valence-corrected chi connectivity index (χ4v) is 2.25. The number of rotatable bonds is 4. The van der Waals surface area contributed by atoms with Crippen molar-refractivity contribution in [1.82, 2.24) is 9.97 Å². The van der Waals surface area contributed by atoms with Gasteiger partial charge in [0.25, 0.3) is 0 Å². The number of anilines is 2. The molecule has 1 atom stereocenters. The SMILES string of the molecule is CSCC(C)N(C)c1nc(C)nc(N)c1C. The van der Waals surface area contributed by atoms with E-state index in [1.807, 2.05) is 25.6 Å². The van der Waals surface area contributed by atoms with Crippen molar-refractivity contribution in [3.63, 3.8) is 0 Å². The molecule has 0 radical (unpaired) electrons. The molecule has 0 saturated heterocycles. The van der Waals surface area contributed by atoms with Crippen molar-refractivity contribution in [2.75, 3.05) is 29.7 Å². The van der Waals surface area contributed by atoms with E-state index in [1.54, 1.807) is 0 Å². The first-order valence-corrected chi connectivity index (χ1v) is 6.69. The normalized spacial score (nSPS) is 12.6. The zero-order valence-electron chi connectivity index (χ0n) is 10.6. The van der Waals surface area contributed by atoms with Crippen LogP contribution in [0.1, 0.15) is 18.3 Å². The molecule has 1 rings (SSSR count). The van der Waals surface area contributed by atoms with Crippen LogP contribution in [0.2, 0.25) is 0 Å². The number of aryl methyl sites for hydroxylation is 1. The molecular formula is C11H20N4S. The summed E-state index contributed by atoms with van der Waals surface area (Å²) in [6, 6.07) is 0.433. The maximum atomic E-state index is 5.85. The predicted molar refractivity (Wildman–Crippen MR) is 72.2 cm³/mol. The molecule has 0 saturated carbocycles. The summed E-state index contributed by atoms with van der Waals surface area (Å²) in [5, 5.41) is 0. The van der Waals surface area contributed by atoms with Gasteiger partial charge in [-0.2, -0.15) is 11.8 Å². The number of nitrogens with two attached hydrogens (primary N) is 1. The second-order valence-corrected chi connectivity index (χ2v) is 4.93. The van der Waals surface area contributed by atoms with Gasteiger partial charge in [0.15, 0.2) is 0 Å². The van der Waals surface area contributed by atoms with Crippen LogP contribution in [0.5, 0.6) is 0 Å². The molecule has 1 heterocycles. The van der Waals surface area contributed by atoms with Crippen LogP contribution in [0.4, 0.5) is 11.6 Å². The third kappa shape index (κ3) is 2.78. The average molecular weight is 240 g/mol. The molecular weight excluding hydrogens is 220 g/mol. The van der Waals surface area contributed by atoms with Crippen molar-refractivity contribution in [2.45, 2.75) is 26.8 Å². The van der Waals surface area contributed by atoms with Gasteiger partial charge in [0.05, 0.1) is 0 Å². The Bertz CT molecular complexity index is 367. The Morgan fingerprint density at radius 2 is 2.00 bits per heavy atom. The third-order valence-corrected chi connectivity index (χ3v) is 3.49. The third-order valence-electron chi connectivity index (χ3n) is 2.67. The summed E-state index contributed by atoms with van der Waals surface area (Å²) >= 11 is 1.83. The zero-order chi connectivity index (χ0) is 12.3. The van der Waals surface area contributed by atoms with Gasteiger partial charge in [0.2, 0.25) is 0 Å². The van der Waals surface area contributed by atoms with Gasteiger partial charge in [-0.05, 0) is 27.0 Å². The van der Waals surface area contributed by atoms with Gasteiger partial charge in [0, 0.05) is 24.4 Å². The van der Waals surface area contributed by atoms with Crippen molar-refractivity contribution in [3.8, 4) is 0 Å². The largest absolute Gasteiger partial charge is 0.383 e. The summed E-state index contributed by atoms with van der Waals surface area (Å²) in [6.45, 7) is 6.02. The molecule has 2 N–H and O–H groups in total. The summed E-state index contributed by atoms with van der Waals surface area (Å²) in [7, 11) is 2.05. The second kappa shape index (κ2) is 5.39. The molecule has 0 bridgehead atoms. The van der Waals surface area contributed by atoms with Crippen molar-refractivity contribution >= 4 is 23.4 Å². The molecule has 0 aromatic carbocycles. The van der Waals surface area contributed by atoms with Crippen molar-refractivity contribution < 1.29 is 0 Å². The Hall–Kier alpha value is -0.970. The van der Waals surface area contributed by atoms with Crippen LogP contribution in [0.3, 0.4) is 0 Å². The van der Waals surface area contributed by atoms with E-state index in [1.165, 1.54) is 0 Å². The van der Waals surface area contributed by atoms with Gasteiger partial charge in [-0.25, -0.2) is 9.97 Å². The van der Waals surface area contributed by atoms with Gasteiger partial charge in [-0.3, -0.25) is 0 Å². The van der Waals surface area contributed by atoms with E-state index in [-0.39, 0.29) is 0 Å². The van der Waals surface area contributed by atoms with Gasteiger partial charge in [-0.15, -0.1) is 0 Å². The predicted octanol–water partition coefficient (Wildman–Crippen LogP) is 1.86. The average Bonchev–Trinajstić information content (AvgIpc) is 2.22. The van der Waals surface area contributed by atoms with Gasteiger partial charge >= 0.3 is 0 Å². The number of thioether (sulfide) groups is 1. The highest BCUT2D eigenvalue weighted by Crippen LogP contribution is 2.22. The molecule has 0 spiro atoms. The number of hydrogen-bond donors (Lipinski definition) is 1. The number of nitrogens with zero attached hydrogens (tertiary/aromatic N) is 3. The Balaban J connectivity index is 3.03. The number of nitrogen functional groups attached to an aromatic ring is 1. The van der Waals surface area contributed by atoms with Crippen LogP contribution in [-0.4, -0.2) is 35.1 Å². The van der Waals surface area contributed by atoms with E-state index in [0.717, 1.165) is 23.0 Å². The lowest BCUT2D eigenvalue weighted by atomic mass is 10.2.